The van der Waals surface area contributed by atoms with Crippen LogP contribution in [0.3, 0.4) is 0 Å². The first-order chi connectivity index (χ1) is 7.41. The molecule has 1 heterocycles. The molecule has 0 saturated heterocycles. The third kappa shape index (κ3) is 4.60. The smallest absolute Gasteiger partial charge is 0.304 e. The number of rotatable bonds is 6. The molecule has 0 fully saturated rings. The van der Waals surface area contributed by atoms with E-state index in [4.69, 9.17) is 5.11 Å². The van der Waals surface area contributed by atoms with E-state index in [2.05, 4.69) is 20.7 Å². The minimum Gasteiger partial charge on any atom is -0.481 e. The fourth-order valence-corrected chi connectivity index (χ4v) is 3.40. The van der Waals surface area contributed by atoms with Gasteiger partial charge in [-0.1, -0.05) is 0 Å². The first kappa shape index (κ1) is 13.6. The molecule has 8 heteroatoms. The Morgan fingerprint density at radius 2 is 2.25 bits per heavy atom. The van der Waals surface area contributed by atoms with E-state index in [1.807, 2.05) is 11.4 Å². The van der Waals surface area contributed by atoms with Crippen molar-refractivity contribution in [2.24, 2.45) is 0 Å². The SMILES string of the molecule is O=C(O)CCS(=O)(=O)NCc1sccc1Br. The lowest BCUT2D eigenvalue weighted by atomic mass is 10.5. The molecule has 0 aliphatic rings. The van der Waals surface area contributed by atoms with E-state index in [0.29, 0.717) is 0 Å². The molecule has 0 spiro atoms. The number of thiophene rings is 1. The van der Waals surface area contributed by atoms with Crippen LogP contribution in [0.25, 0.3) is 0 Å². The highest BCUT2D eigenvalue weighted by molar-refractivity contribution is 9.10. The largest absolute Gasteiger partial charge is 0.481 e. The number of carboxylic acid groups (broad SMARTS) is 1. The van der Waals surface area contributed by atoms with Gasteiger partial charge < -0.3 is 5.11 Å². The van der Waals surface area contributed by atoms with E-state index in [1.165, 1.54) is 11.3 Å². The van der Waals surface area contributed by atoms with Gasteiger partial charge in [0.15, 0.2) is 0 Å². The van der Waals surface area contributed by atoms with Gasteiger partial charge in [-0.15, -0.1) is 11.3 Å². The maximum Gasteiger partial charge on any atom is 0.304 e. The molecule has 0 aliphatic carbocycles. The maximum absolute atomic E-state index is 11.4. The van der Waals surface area contributed by atoms with Crippen LogP contribution in [0, 0.1) is 0 Å². The Morgan fingerprint density at radius 3 is 2.75 bits per heavy atom. The van der Waals surface area contributed by atoms with Crippen molar-refractivity contribution in [3.05, 3.63) is 20.8 Å². The van der Waals surface area contributed by atoms with E-state index in [1.54, 1.807) is 0 Å². The number of aliphatic carboxylic acids is 1. The molecule has 1 rings (SSSR count). The topological polar surface area (TPSA) is 83.5 Å². The van der Waals surface area contributed by atoms with Gasteiger partial charge in [0.05, 0.1) is 12.2 Å². The number of carbonyl (C=O) groups is 1. The quantitative estimate of drug-likeness (QED) is 0.827. The van der Waals surface area contributed by atoms with Gasteiger partial charge in [-0.3, -0.25) is 4.79 Å². The van der Waals surface area contributed by atoms with Crippen molar-refractivity contribution in [1.82, 2.24) is 4.72 Å². The first-order valence-electron chi connectivity index (χ1n) is 4.32. The average molecular weight is 328 g/mol. The lowest BCUT2D eigenvalue weighted by molar-refractivity contribution is -0.136. The fraction of sp³-hybridized carbons (Fsp3) is 0.375. The normalized spacial score (nSPS) is 11.6. The highest BCUT2D eigenvalue weighted by Gasteiger charge is 2.13. The van der Waals surface area contributed by atoms with E-state index in [9.17, 15) is 13.2 Å². The molecule has 16 heavy (non-hydrogen) atoms. The van der Waals surface area contributed by atoms with Gasteiger partial charge in [0, 0.05) is 15.9 Å². The average Bonchev–Trinajstić information content (AvgIpc) is 2.59. The summed E-state index contributed by atoms with van der Waals surface area (Å²) in [6.45, 7) is 0.181. The standard InChI is InChI=1S/C8H10BrNO4S2/c9-6-1-3-15-7(6)5-10-16(13,14)4-2-8(11)12/h1,3,10H,2,4-5H2,(H,11,12). The van der Waals surface area contributed by atoms with Gasteiger partial charge in [0.1, 0.15) is 0 Å². The van der Waals surface area contributed by atoms with Gasteiger partial charge in [-0.05, 0) is 27.4 Å². The van der Waals surface area contributed by atoms with Crippen LogP contribution in [-0.4, -0.2) is 25.2 Å². The number of nitrogens with one attached hydrogen (secondary N) is 1. The summed E-state index contributed by atoms with van der Waals surface area (Å²) in [7, 11) is -3.51. The van der Waals surface area contributed by atoms with Crippen LogP contribution < -0.4 is 4.72 Å². The number of hydrogen-bond donors (Lipinski definition) is 2. The lowest BCUT2D eigenvalue weighted by Crippen LogP contribution is -2.26. The van der Waals surface area contributed by atoms with Gasteiger partial charge in [0.2, 0.25) is 10.0 Å². The van der Waals surface area contributed by atoms with Gasteiger partial charge >= 0.3 is 5.97 Å². The lowest BCUT2D eigenvalue weighted by Gasteiger charge is -2.04. The minimum absolute atomic E-state index is 0.181. The Bertz CT molecular complexity index is 468. The summed E-state index contributed by atoms with van der Waals surface area (Å²) in [6, 6.07) is 1.82. The molecule has 0 bridgehead atoms. The van der Waals surface area contributed by atoms with Crippen molar-refractivity contribution in [3.63, 3.8) is 0 Å². The molecule has 0 aliphatic heterocycles. The number of sulfonamides is 1. The molecule has 1 aromatic rings. The summed E-state index contributed by atoms with van der Waals surface area (Å²) >= 11 is 4.70. The summed E-state index contributed by atoms with van der Waals surface area (Å²) in [5.41, 5.74) is 0. The monoisotopic (exact) mass is 327 g/mol. The van der Waals surface area contributed by atoms with E-state index < -0.39 is 21.7 Å². The zero-order valence-electron chi connectivity index (χ0n) is 8.14. The molecule has 1 aromatic heterocycles. The first-order valence-corrected chi connectivity index (χ1v) is 7.64. The summed E-state index contributed by atoms with van der Waals surface area (Å²) in [6.07, 6.45) is -0.388. The number of hydrogen-bond acceptors (Lipinski definition) is 4. The van der Waals surface area contributed by atoms with Crippen molar-refractivity contribution in [2.75, 3.05) is 5.75 Å². The van der Waals surface area contributed by atoms with Gasteiger partial charge in [0.25, 0.3) is 0 Å². The van der Waals surface area contributed by atoms with Crippen LogP contribution in [0.5, 0.6) is 0 Å². The van der Waals surface area contributed by atoms with Crippen LogP contribution in [0.15, 0.2) is 15.9 Å². The molecule has 0 unspecified atom stereocenters. The van der Waals surface area contributed by atoms with Gasteiger partial charge in [-0.25, -0.2) is 13.1 Å². The molecule has 0 amide bonds. The van der Waals surface area contributed by atoms with Crippen LogP contribution in [0.4, 0.5) is 0 Å². The third-order valence-corrected chi connectivity index (χ3v) is 4.98. The molecule has 0 radical (unpaired) electrons. The number of halogens is 1. The Kier molecular flexibility index (Phi) is 4.90. The van der Waals surface area contributed by atoms with Crippen LogP contribution >= 0.6 is 27.3 Å². The fourth-order valence-electron chi connectivity index (χ4n) is 0.921. The van der Waals surface area contributed by atoms with Crippen molar-refractivity contribution >= 4 is 43.3 Å². The molecular formula is C8H10BrNO4S2. The zero-order valence-corrected chi connectivity index (χ0v) is 11.4. The van der Waals surface area contributed by atoms with Crippen molar-refractivity contribution in [2.45, 2.75) is 13.0 Å². The second kappa shape index (κ2) is 5.76. The predicted molar refractivity (Wildman–Crippen MR) is 64.9 cm³/mol. The summed E-state index contributed by atoms with van der Waals surface area (Å²) in [4.78, 5) is 11.1. The molecule has 0 atom stereocenters. The molecule has 2 N–H and O–H groups in total. The Morgan fingerprint density at radius 1 is 1.56 bits per heavy atom. The highest BCUT2D eigenvalue weighted by atomic mass is 79.9. The zero-order chi connectivity index (χ0) is 12.2. The summed E-state index contributed by atoms with van der Waals surface area (Å²) < 4.78 is 25.9. The molecule has 5 nitrogen and oxygen atoms in total. The van der Waals surface area contributed by atoms with E-state index in [0.717, 1.165) is 9.35 Å². The van der Waals surface area contributed by atoms with Crippen molar-refractivity contribution in [1.29, 1.82) is 0 Å². The maximum atomic E-state index is 11.4. The van der Waals surface area contributed by atoms with Crippen LogP contribution in [-0.2, 0) is 21.4 Å². The Hall–Kier alpha value is -0.440. The van der Waals surface area contributed by atoms with Crippen LogP contribution in [0.1, 0.15) is 11.3 Å². The highest BCUT2D eigenvalue weighted by Crippen LogP contribution is 2.22. The second-order valence-electron chi connectivity index (χ2n) is 2.98. The molecule has 0 aromatic carbocycles. The number of carboxylic acids is 1. The van der Waals surface area contributed by atoms with E-state index in [-0.39, 0.29) is 13.0 Å². The molecule has 90 valence electrons. The third-order valence-electron chi connectivity index (χ3n) is 1.73. The van der Waals surface area contributed by atoms with Crippen molar-refractivity contribution in [3.8, 4) is 0 Å². The van der Waals surface area contributed by atoms with Gasteiger partial charge in [-0.2, -0.15) is 0 Å². The van der Waals surface area contributed by atoms with Crippen LogP contribution in [0.2, 0.25) is 0 Å². The predicted octanol–water partition coefficient (Wildman–Crippen LogP) is 1.40. The summed E-state index contributed by atoms with van der Waals surface area (Å²) in [5.74, 6) is -1.52. The Labute approximate surface area is 106 Å². The second-order valence-corrected chi connectivity index (χ2v) is 6.76. The van der Waals surface area contributed by atoms with Crippen molar-refractivity contribution < 1.29 is 18.3 Å². The molecule has 0 saturated carbocycles. The van der Waals surface area contributed by atoms with E-state index >= 15 is 0 Å². The summed E-state index contributed by atoms with van der Waals surface area (Å²) in [5, 5.41) is 10.2. The molecular weight excluding hydrogens is 318 g/mol. The Balaban J connectivity index is 2.48. The minimum atomic E-state index is -3.51.